The van der Waals surface area contributed by atoms with Crippen molar-refractivity contribution < 1.29 is 45.1 Å². The first-order valence-corrected chi connectivity index (χ1v) is 7.29. The molecular weight excluding hydrogens is 341 g/mol. The van der Waals surface area contributed by atoms with Crippen molar-refractivity contribution in [1.82, 2.24) is 0 Å². The van der Waals surface area contributed by atoms with Crippen LogP contribution in [0.3, 0.4) is 0 Å². The van der Waals surface area contributed by atoms with Crippen molar-refractivity contribution >= 4 is 7.60 Å². The van der Waals surface area contributed by atoms with Crippen LogP contribution in [0.1, 0.15) is 11.4 Å². The van der Waals surface area contributed by atoms with Crippen LogP contribution in [0, 0.1) is 0 Å². The Labute approximate surface area is 121 Å². The molecule has 126 valence electrons. The van der Waals surface area contributed by atoms with Gasteiger partial charge in [-0.1, -0.05) is 30.3 Å². The van der Waals surface area contributed by atoms with Crippen LogP contribution in [-0.2, 0) is 13.6 Å². The van der Waals surface area contributed by atoms with Crippen LogP contribution in [0.5, 0.6) is 0 Å². The predicted octanol–water partition coefficient (Wildman–Crippen LogP) is 4.03. The summed E-state index contributed by atoms with van der Waals surface area (Å²) in [5, 5.41) is 9.79. The van der Waals surface area contributed by atoms with E-state index in [1.165, 1.54) is 18.2 Å². The Hall–Kier alpha value is -1.09. The molecule has 4 nitrogen and oxygen atoms in total. The monoisotopic (exact) mass is 352 g/mol. The lowest BCUT2D eigenvalue weighted by atomic mass is 10.2. The second kappa shape index (κ2) is 6.99. The van der Waals surface area contributed by atoms with Crippen molar-refractivity contribution in [2.24, 2.45) is 0 Å². The highest BCUT2D eigenvalue weighted by molar-refractivity contribution is 7.54. The van der Waals surface area contributed by atoms with Gasteiger partial charge < -0.3 is 5.11 Å². The van der Waals surface area contributed by atoms with Gasteiger partial charge in [-0.25, -0.2) is 0 Å². The van der Waals surface area contributed by atoms with Crippen molar-refractivity contribution in [3.8, 4) is 0 Å². The van der Waals surface area contributed by atoms with E-state index in [9.17, 15) is 36.0 Å². The molecule has 0 unspecified atom stereocenters. The normalized spacial score (nSPS) is 14.9. The first-order chi connectivity index (χ1) is 9.93. The van der Waals surface area contributed by atoms with Crippen LogP contribution in [0.25, 0.3) is 0 Å². The van der Waals surface area contributed by atoms with E-state index >= 15 is 0 Å². The molecule has 1 aromatic carbocycles. The molecule has 1 rings (SSSR count). The maximum atomic E-state index is 12.1. The van der Waals surface area contributed by atoms with E-state index in [4.69, 9.17) is 0 Å². The van der Waals surface area contributed by atoms with Gasteiger partial charge in [-0.3, -0.25) is 13.6 Å². The van der Waals surface area contributed by atoms with Crippen molar-refractivity contribution in [3.63, 3.8) is 0 Å². The van der Waals surface area contributed by atoms with Crippen LogP contribution in [0.2, 0.25) is 0 Å². The second-order valence-electron chi connectivity index (χ2n) is 4.10. The number of rotatable bonds is 6. The number of aliphatic hydroxyl groups is 1. The molecule has 0 radical (unpaired) electrons. The number of hydrogen-bond donors (Lipinski definition) is 1. The summed E-state index contributed by atoms with van der Waals surface area (Å²) in [6.07, 6.45) is -9.90. The zero-order chi connectivity index (χ0) is 17.0. The molecule has 11 heteroatoms. The van der Waals surface area contributed by atoms with E-state index in [1.54, 1.807) is 0 Å². The van der Waals surface area contributed by atoms with Gasteiger partial charge in [-0.05, 0) is 5.56 Å². The molecule has 0 aliphatic carbocycles. The van der Waals surface area contributed by atoms with E-state index in [1.807, 2.05) is 0 Å². The Morgan fingerprint density at radius 3 is 1.73 bits per heavy atom. The van der Waals surface area contributed by atoms with E-state index < -0.39 is 39.0 Å². The first kappa shape index (κ1) is 19.0. The third kappa shape index (κ3) is 6.35. The standard InChI is InChI=1S/C11H11F6O4P/c12-10(13,14)6-20-22(19,21-7-11(15,16)17)9(18)8-4-2-1-3-5-8/h1-5,9,18H,6-7H2/t9-/m0/s1. The molecule has 0 fully saturated rings. The summed E-state index contributed by atoms with van der Waals surface area (Å²) in [6.45, 7) is -4.24. The fourth-order valence-electron chi connectivity index (χ4n) is 1.31. The maximum Gasteiger partial charge on any atom is 0.412 e. The summed E-state index contributed by atoms with van der Waals surface area (Å²) < 4.78 is 92.8. The quantitative estimate of drug-likeness (QED) is 0.620. The molecule has 22 heavy (non-hydrogen) atoms. The van der Waals surface area contributed by atoms with Gasteiger partial charge >= 0.3 is 19.9 Å². The average Bonchev–Trinajstić information content (AvgIpc) is 2.42. The summed E-state index contributed by atoms with van der Waals surface area (Å²) >= 11 is 0. The first-order valence-electron chi connectivity index (χ1n) is 5.68. The van der Waals surface area contributed by atoms with Crippen molar-refractivity contribution in [2.75, 3.05) is 13.2 Å². The van der Waals surface area contributed by atoms with E-state index in [0.29, 0.717) is 0 Å². The number of alkyl halides is 6. The molecule has 1 atom stereocenters. The fraction of sp³-hybridized carbons (Fsp3) is 0.455. The summed E-state index contributed by atoms with van der Waals surface area (Å²) in [4.78, 5) is 0. The minimum atomic E-state index is -5.11. The van der Waals surface area contributed by atoms with E-state index in [-0.39, 0.29) is 5.56 Å². The third-order valence-corrected chi connectivity index (χ3v) is 4.09. The number of halogens is 6. The molecule has 0 saturated heterocycles. The Balaban J connectivity index is 2.97. The fourth-order valence-corrected chi connectivity index (χ4v) is 2.86. The van der Waals surface area contributed by atoms with Crippen LogP contribution < -0.4 is 0 Å². The molecule has 0 aromatic heterocycles. The van der Waals surface area contributed by atoms with Crippen LogP contribution in [-0.4, -0.2) is 30.7 Å². The maximum absolute atomic E-state index is 12.1. The zero-order valence-electron chi connectivity index (χ0n) is 10.8. The van der Waals surface area contributed by atoms with Crippen LogP contribution in [0.15, 0.2) is 30.3 Å². The molecular formula is C11H11F6O4P. The van der Waals surface area contributed by atoms with E-state index in [0.717, 1.165) is 12.1 Å². The molecule has 0 aliphatic rings. The Morgan fingerprint density at radius 1 is 0.955 bits per heavy atom. The van der Waals surface area contributed by atoms with Crippen molar-refractivity contribution in [2.45, 2.75) is 18.2 Å². The van der Waals surface area contributed by atoms with Gasteiger partial charge in [0.2, 0.25) is 0 Å². The summed E-state index contributed by atoms with van der Waals surface area (Å²) in [5.41, 5.74) is -0.199. The molecule has 0 spiro atoms. The lowest BCUT2D eigenvalue weighted by molar-refractivity contribution is -0.167. The highest BCUT2D eigenvalue weighted by atomic mass is 31.2. The lowest BCUT2D eigenvalue weighted by Gasteiger charge is -2.24. The minimum absolute atomic E-state index is 0.199. The highest BCUT2D eigenvalue weighted by Crippen LogP contribution is 2.60. The second-order valence-corrected chi connectivity index (χ2v) is 6.19. The third-order valence-electron chi connectivity index (χ3n) is 2.21. The summed E-state index contributed by atoms with van der Waals surface area (Å²) in [5.74, 6) is -2.28. The van der Waals surface area contributed by atoms with Crippen molar-refractivity contribution in [3.05, 3.63) is 35.9 Å². The van der Waals surface area contributed by atoms with Crippen LogP contribution >= 0.6 is 7.60 Å². The molecule has 0 bridgehead atoms. The SMILES string of the molecule is O=P(OCC(F)(F)F)(OCC(F)(F)F)[C@H](O)c1ccccc1. The van der Waals surface area contributed by atoms with E-state index in [2.05, 4.69) is 9.05 Å². The Bertz CT molecular complexity index is 494. The Kier molecular flexibility index (Phi) is 6.03. The molecule has 0 amide bonds. The Morgan fingerprint density at radius 2 is 1.36 bits per heavy atom. The molecule has 1 N–H and O–H groups in total. The minimum Gasteiger partial charge on any atom is -0.376 e. The largest absolute Gasteiger partial charge is 0.412 e. The number of aliphatic hydroxyl groups excluding tert-OH is 1. The van der Waals surface area contributed by atoms with Crippen molar-refractivity contribution in [1.29, 1.82) is 0 Å². The molecule has 1 aromatic rings. The van der Waals surface area contributed by atoms with Gasteiger partial charge in [0, 0.05) is 0 Å². The van der Waals surface area contributed by atoms with Crippen LogP contribution in [0.4, 0.5) is 26.3 Å². The highest BCUT2D eigenvalue weighted by Gasteiger charge is 2.43. The zero-order valence-corrected chi connectivity index (χ0v) is 11.7. The summed E-state index contributed by atoms with van der Waals surface area (Å²) in [6, 6.07) is 6.48. The van der Waals surface area contributed by atoms with Gasteiger partial charge in [0.15, 0.2) is 19.1 Å². The number of benzene rings is 1. The molecule has 0 heterocycles. The lowest BCUT2D eigenvalue weighted by Crippen LogP contribution is -2.21. The molecule has 0 aliphatic heterocycles. The predicted molar refractivity (Wildman–Crippen MR) is 63.0 cm³/mol. The van der Waals surface area contributed by atoms with Gasteiger partial charge in [-0.2, -0.15) is 26.3 Å². The summed E-state index contributed by atoms with van der Waals surface area (Å²) in [7, 11) is -5.11. The van der Waals surface area contributed by atoms with Gasteiger partial charge in [0.25, 0.3) is 0 Å². The van der Waals surface area contributed by atoms with Gasteiger partial charge in [0.05, 0.1) is 0 Å². The smallest absolute Gasteiger partial charge is 0.376 e. The molecule has 0 saturated carbocycles. The van der Waals surface area contributed by atoms with Gasteiger partial charge in [0.1, 0.15) is 0 Å². The number of hydrogen-bond acceptors (Lipinski definition) is 4. The topological polar surface area (TPSA) is 55.8 Å². The van der Waals surface area contributed by atoms with Gasteiger partial charge in [-0.15, -0.1) is 0 Å². The average molecular weight is 352 g/mol.